The van der Waals surface area contributed by atoms with E-state index in [2.05, 4.69) is 33.0 Å². The summed E-state index contributed by atoms with van der Waals surface area (Å²) >= 11 is 0. The molecule has 3 nitrogen and oxygen atoms in total. The van der Waals surface area contributed by atoms with E-state index < -0.39 is 0 Å². The van der Waals surface area contributed by atoms with Gasteiger partial charge in [-0.05, 0) is 31.2 Å². The van der Waals surface area contributed by atoms with E-state index in [-0.39, 0.29) is 22.8 Å². The van der Waals surface area contributed by atoms with Gasteiger partial charge in [-0.15, -0.1) is 0 Å². The predicted molar refractivity (Wildman–Crippen MR) is 76.2 cm³/mol. The van der Waals surface area contributed by atoms with Gasteiger partial charge in [-0.1, -0.05) is 47.0 Å². The number of amides is 1. The Balaban J connectivity index is 2.65. The molecule has 18 heavy (non-hydrogen) atoms. The lowest BCUT2D eigenvalue weighted by Gasteiger charge is -2.37. The van der Waals surface area contributed by atoms with Crippen molar-refractivity contribution in [2.75, 3.05) is 6.54 Å². The first-order chi connectivity index (χ1) is 8.29. The van der Waals surface area contributed by atoms with Crippen molar-refractivity contribution in [3.05, 3.63) is 0 Å². The molecule has 0 heterocycles. The minimum absolute atomic E-state index is 0.0695. The average Bonchev–Trinajstić information content (AvgIpc) is 2.28. The molecule has 3 heteroatoms. The Kier molecular flexibility index (Phi) is 5.20. The third-order valence-electron chi connectivity index (χ3n) is 4.31. The first-order valence-electron chi connectivity index (χ1n) is 7.31. The molecule has 0 aliphatic heterocycles. The van der Waals surface area contributed by atoms with Crippen LogP contribution in [0.25, 0.3) is 0 Å². The van der Waals surface area contributed by atoms with Crippen molar-refractivity contribution in [2.45, 2.75) is 72.3 Å². The summed E-state index contributed by atoms with van der Waals surface area (Å²) in [5.41, 5.74) is 5.58. The molecule has 0 radical (unpaired) electrons. The molecule has 1 fully saturated rings. The van der Waals surface area contributed by atoms with Gasteiger partial charge in [-0.2, -0.15) is 0 Å². The van der Waals surface area contributed by atoms with Crippen molar-refractivity contribution in [1.29, 1.82) is 0 Å². The highest BCUT2D eigenvalue weighted by molar-refractivity contribution is 5.82. The standard InChI is InChI=1S/C15H30N2O/c1-14(2,3)12(8-11-16)17-13(18)15(4)9-6-5-7-10-15/h12H,5-11,16H2,1-4H3,(H,17,18). The van der Waals surface area contributed by atoms with Crippen LogP contribution in [0, 0.1) is 10.8 Å². The SMILES string of the molecule is CC1(C(=O)NC(CCN)C(C)(C)C)CCCCC1. The van der Waals surface area contributed by atoms with Crippen molar-refractivity contribution in [2.24, 2.45) is 16.6 Å². The summed E-state index contributed by atoms with van der Waals surface area (Å²) in [5.74, 6) is 0.232. The lowest BCUT2D eigenvalue weighted by atomic mass is 9.74. The molecule has 1 saturated carbocycles. The van der Waals surface area contributed by atoms with Gasteiger partial charge in [0.25, 0.3) is 0 Å². The average molecular weight is 254 g/mol. The van der Waals surface area contributed by atoms with Crippen LogP contribution in [0.3, 0.4) is 0 Å². The number of nitrogens with one attached hydrogen (secondary N) is 1. The molecule has 1 rings (SSSR count). The Morgan fingerprint density at radius 3 is 2.28 bits per heavy atom. The number of hydrogen-bond donors (Lipinski definition) is 2. The summed E-state index contributed by atoms with van der Waals surface area (Å²) < 4.78 is 0. The van der Waals surface area contributed by atoms with E-state index >= 15 is 0 Å². The smallest absolute Gasteiger partial charge is 0.226 e. The zero-order valence-corrected chi connectivity index (χ0v) is 12.5. The van der Waals surface area contributed by atoms with Crippen molar-refractivity contribution in [3.63, 3.8) is 0 Å². The van der Waals surface area contributed by atoms with Crippen LogP contribution in [0.15, 0.2) is 0 Å². The number of carbonyl (C=O) groups excluding carboxylic acids is 1. The van der Waals surface area contributed by atoms with Gasteiger partial charge in [-0.3, -0.25) is 4.79 Å². The summed E-state index contributed by atoms with van der Waals surface area (Å²) in [6.07, 6.45) is 6.54. The van der Waals surface area contributed by atoms with Crippen molar-refractivity contribution in [1.82, 2.24) is 5.32 Å². The van der Waals surface area contributed by atoms with Gasteiger partial charge in [0, 0.05) is 11.5 Å². The zero-order chi connectivity index (χ0) is 13.8. The van der Waals surface area contributed by atoms with Gasteiger partial charge in [0.05, 0.1) is 0 Å². The largest absolute Gasteiger partial charge is 0.352 e. The predicted octanol–water partition coefficient (Wildman–Crippen LogP) is 2.84. The second-order valence-corrected chi connectivity index (χ2v) is 7.09. The van der Waals surface area contributed by atoms with Gasteiger partial charge in [0.1, 0.15) is 0 Å². The molecule has 1 atom stereocenters. The van der Waals surface area contributed by atoms with Crippen LogP contribution in [-0.2, 0) is 4.79 Å². The Morgan fingerprint density at radius 2 is 1.83 bits per heavy atom. The second kappa shape index (κ2) is 6.05. The highest BCUT2D eigenvalue weighted by atomic mass is 16.2. The van der Waals surface area contributed by atoms with E-state index in [0.29, 0.717) is 6.54 Å². The van der Waals surface area contributed by atoms with E-state index in [0.717, 1.165) is 19.3 Å². The molecule has 0 aromatic carbocycles. The number of hydrogen-bond acceptors (Lipinski definition) is 2. The Labute approximate surface area is 112 Å². The minimum atomic E-state index is -0.156. The quantitative estimate of drug-likeness (QED) is 0.810. The van der Waals surface area contributed by atoms with Gasteiger partial charge in [0.15, 0.2) is 0 Å². The monoisotopic (exact) mass is 254 g/mol. The fraction of sp³-hybridized carbons (Fsp3) is 0.933. The van der Waals surface area contributed by atoms with Crippen LogP contribution in [0.5, 0.6) is 0 Å². The number of carbonyl (C=O) groups is 1. The van der Waals surface area contributed by atoms with E-state index in [9.17, 15) is 4.79 Å². The topological polar surface area (TPSA) is 55.1 Å². The maximum Gasteiger partial charge on any atom is 0.226 e. The van der Waals surface area contributed by atoms with Crippen LogP contribution in [-0.4, -0.2) is 18.5 Å². The summed E-state index contributed by atoms with van der Waals surface area (Å²) in [5, 5.41) is 3.25. The highest BCUT2D eigenvalue weighted by Gasteiger charge is 2.37. The van der Waals surface area contributed by atoms with E-state index in [4.69, 9.17) is 5.73 Å². The van der Waals surface area contributed by atoms with Crippen LogP contribution < -0.4 is 11.1 Å². The molecular formula is C15H30N2O. The van der Waals surface area contributed by atoms with Crippen molar-refractivity contribution in [3.8, 4) is 0 Å². The van der Waals surface area contributed by atoms with Crippen LogP contribution in [0.1, 0.15) is 66.2 Å². The molecule has 106 valence electrons. The second-order valence-electron chi connectivity index (χ2n) is 7.09. The third kappa shape index (κ3) is 3.98. The summed E-state index contributed by atoms with van der Waals surface area (Å²) in [4.78, 5) is 12.5. The molecule has 1 aliphatic carbocycles. The van der Waals surface area contributed by atoms with Gasteiger partial charge in [0.2, 0.25) is 5.91 Å². The molecule has 0 aromatic heterocycles. The summed E-state index contributed by atoms with van der Waals surface area (Å²) in [7, 11) is 0. The fourth-order valence-electron chi connectivity index (χ4n) is 2.78. The molecule has 3 N–H and O–H groups in total. The molecule has 1 unspecified atom stereocenters. The van der Waals surface area contributed by atoms with Gasteiger partial charge < -0.3 is 11.1 Å². The van der Waals surface area contributed by atoms with Gasteiger partial charge >= 0.3 is 0 Å². The first-order valence-corrected chi connectivity index (χ1v) is 7.31. The van der Waals surface area contributed by atoms with E-state index in [1.54, 1.807) is 0 Å². The van der Waals surface area contributed by atoms with Crippen molar-refractivity contribution >= 4 is 5.91 Å². The maximum absolute atomic E-state index is 12.5. The summed E-state index contributed by atoms with van der Waals surface area (Å²) in [6, 6.07) is 0.175. The minimum Gasteiger partial charge on any atom is -0.352 e. The molecule has 1 amide bonds. The van der Waals surface area contributed by atoms with Gasteiger partial charge in [-0.25, -0.2) is 0 Å². The van der Waals surface area contributed by atoms with E-state index in [1.807, 2.05) is 0 Å². The van der Waals surface area contributed by atoms with Crippen LogP contribution >= 0.6 is 0 Å². The zero-order valence-electron chi connectivity index (χ0n) is 12.5. The Morgan fingerprint density at radius 1 is 1.28 bits per heavy atom. The maximum atomic E-state index is 12.5. The Hall–Kier alpha value is -0.570. The van der Waals surface area contributed by atoms with E-state index in [1.165, 1.54) is 19.3 Å². The normalized spacial score (nSPS) is 21.4. The molecule has 0 bridgehead atoms. The van der Waals surface area contributed by atoms with Crippen LogP contribution in [0.2, 0.25) is 0 Å². The first kappa shape index (κ1) is 15.5. The highest BCUT2D eigenvalue weighted by Crippen LogP contribution is 2.36. The lowest BCUT2D eigenvalue weighted by molar-refractivity contribution is -0.133. The number of nitrogens with two attached hydrogens (primary N) is 1. The molecule has 1 aliphatic rings. The molecule has 0 saturated heterocycles. The Bertz CT molecular complexity index is 275. The third-order valence-corrected chi connectivity index (χ3v) is 4.31. The van der Waals surface area contributed by atoms with Crippen molar-refractivity contribution < 1.29 is 4.79 Å². The van der Waals surface area contributed by atoms with Crippen LogP contribution in [0.4, 0.5) is 0 Å². The lowest BCUT2D eigenvalue weighted by Crippen LogP contribution is -2.50. The summed E-state index contributed by atoms with van der Waals surface area (Å²) in [6.45, 7) is 9.23. The molecular weight excluding hydrogens is 224 g/mol. The number of rotatable bonds is 4. The molecule has 0 aromatic rings. The molecule has 0 spiro atoms. The fourth-order valence-corrected chi connectivity index (χ4v) is 2.78.